The van der Waals surface area contributed by atoms with Crippen molar-refractivity contribution in [2.45, 2.75) is 39.7 Å². The van der Waals surface area contributed by atoms with Crippen LogP contribution in [0.4, 0.5) is 4.79 Å². The van der Waals surface area contributed by atoms with Gasteiger partial charge in [-0.2, -0.15) is 0 Å². The summed E-state index contributed by atoms with van der Waals surface area (Å²) in [5.41, 5.74) is 0. The van der Waals surface area contributed by atoms with E-state index in [1.165, 1.54) is 6.92 Å². The number of carbonyl (C=O) groups is 2. The molecule has 0 aromatic rings. The lowest BCUT2D eigenvalue weighted by Crippen LogP contribution is -2.01. The van der Waals surface area contributed by atoms with E-state index in [1.54, 1.807) is 6.92 Å². The highest BCUT2D eigenvalue weighted by atomic mass is 16.8. The Labute approximate surface area is 89.7 Å². The number of unbranched alkanes of at least 4 members (excludes halogenated alkanes) is 1. The molecule has 1 fully saturated rings. The smallest absolute Gasteiger partial charge is 0.466 e. The quantitative estimate of drug-likeness (QED) is 0.534. The third kappa shape index (κ3) is 9.05. The number of cyclic esters (lactones) is 2. The minimum Gasteiger partial charge on any atom is -0.466 e. The molecule has 5 nitrogen and oxygen atoms in total. The Morgan fingerprint density at radius 1 is 1.60 bits per heavy atom. The summed E-state index contributed by atoms with van der Waals surface area (Å²) in [5.74, 6) is -0.182. The standard InChI is InChI=1S/C6H12O2.C4H6O3/c1-3-4-5-8-6(2)7;1-3-2-6-4(5)7-3/h3-5H2,1-2H3;3H,2H2,1H3. The molecule has 1 heterocycles. The van der Waals surface area contributed by atoms with Gasteiger partial charge in [0.15, 0.2) is 0 Å². The maximum atomic E-state index is 10.1. The molecule has 1 rings (SSSR count). The van der Waals surface area contributed by atoms with E-state index in [9.17, 15) is 9.59 Å². The predicted octanol–water partition coefficient (Wildman–Crippen LogP) is 1.89. The van der Waals surface area contributed by atoms with Crippen molar-refractivity contribution in [3.8, 4) is 0 Å². The van der Waals surface area contributed by atoms with Gasteiger partial charge in [0.1, 0.15) is 12.7 Å². The lowest BCUT2D eigenvalue weighted by Gasteiger charge is -1.96. The molecule has 5 heteroatoms. The summed E-state index contributed by atoms with van der Waals surface area (Å²) in [5, 5.41) is 0. The highest BCUT2D eigenvalue weighted by Gasteiger charge is 2.19. The van der Waals surface area contributed by atoms with Crippen LogP contribution in [0.2, 0.25) is 0 Å². The maximum absolute atomic E-state index is 10.1. The molecule has 0 aliphatic carbocycles. The predicted molar refractivity (Wildman–Crippen MR) is 53.4 cm³/mol. The molecule has 0 bridgehead atoms. The molecule has 1 unspecified atom stereocenters. The van der Waals surface area contributed by atoms with Gasteiger partial charge in [0, 0.05) is 6.92 Å². The Kier molecular flexibility index (Phi) is 7.40. The van der Waals surface area contributed by atoms with Crippen LogP contribution in [0.15, 0.2) is 0 Å². The third-order valence-corrected chi connectivity index (χ3v) is 1.54. The van der Waals surface area contributed by atoms with Gasteiger partial charge in [-0.25, -0.2) is 4.79 Å². The van der Waals surface area contributed by atoms with Gasteiger partial charge >= 0.3 is 12.1 Å². The van der Waals surface area contributed by atoms with Crippen molar-refractivity contribution in [3.05, 3.63) is 0 Å². The molecule has 0 spiro atoms. The van der Waals surface area contributed by atoms with Crippen LogP contribution in [0.3, 0.4) is 0 Å². The molecule has 0 saturated carbocycles. The molecule has 0 N–H and O–H groups in total. The van der Waals surface area contributed by atoms with Gasteiger partial charge in [0.25, 0.3) is 0 Å². The topological polar surface area (TPSA) is 61.8 Å². The first-order valence-electron chi connectivity index (χ1n) is 5.03. The number of hydrogen-bond acceptors (Lipinski definition) is 5. The van der Waals surface area contributed by atoms with Crippen LogP contribution in [-0.2, 0) is 19.0 Å². The van der Waals surface area contributed by atoms with Crippen LogP contribution >= 0.6 is 0 Å². The van der Waals surface area contributed by atoms with E-state index in [0.717, 1.165) is 12.8 Å². The lowest BCUT2D eigenvalue weighted by molar-refractivity contribution is -0.141. The highest BCUT2D eigenvalue weighted by molar-refractivity contribution is 5.65. The Morgan fingerprint density at radius 2 is 2.27 bits per heavy atom. The summed E-state index contributed by atoms with van der Waals surface area (Å²) >= 11 is 0. The van der Waals surface area contributed by atoms with Crippen molar-refractivity contribution in [2.75, 3.05) is 13.2 Å². The van der Waals surface area contributed by atoms with E-state index in [-0.39, 0.29) is 12.1 Å². The second kappa shape index (κ2) is 8.08. The summed E-state index contributed by atoms with van der Waals surface area (Å²) < 4.78 is 13.5. The van der Waals surface area contributed by atoms with E-state index in [4.69, 9.17) is 0 Å². The van der Waals surface area contributed by atoms with E-state index >= 15 is 0 Å². The number of hydrogen-bond donors (Lipinski definition) is 0. The number of ether oxygens (including phenoxy) is 3. The number of esters is 1. The first-order chi connectivity index (χ1) is 7.06. The first kappa shape index (κ1) is 13.7. The van der Waals surface area contributed by atoms with Gasteiger partial charge in [-0.05, 0) is 13.3 Å². The van der Waals surface area contributed by atoms with Crippen molar-refractivity contribution in [1.82, 2.24) is 0 Å². The van der Waals surface area contributed by atoms with Crippen molar-refractivity contribution in [2.24, 2.45) is 0 Å². The van der Waals surface area contributed by atoms with Gasteiger partial charge in [0.05, 0.1) is 6.61 Å². The molecule has 0 aromatic carbocycles. The minimum absolute atomic E-state index is 0.0486. The second-order valence-corrected chi connectivity index (χ2v) is 3.18. The molecule has 1 aliphatic rings. The summed E-state index contributed by atoms with van der Waals surface area (Å²) in [6.45, 7) is 6.24. The van der Waals surface area contributed by atoms with Gasteiger partial charge in [-0.3, -0.25) is 4.79 Å². The largest absolute Gasteiger partial charge is 0.508 e. The molecular formula is C10H18O5. The first-order valence-corrected chi connectivity index (χ1v) is 5.03. The van der Waals surface area contributed by atoms with Crippen LogP contribution in [0.25, 0.3) is 0 Å². The second-order valence-electron chi connectivity index (χ2n) is 3.18. The fraction of sp³-hybridized carbons (Fsp3) is 0.800. The summed E-state index contributed by atoms with van der Waals surface area (Å²) in [4.78, 5) is 20.1. The van der Waals surface area contributed by atoms with Crippen molar-refractivity contribution < 1.29 is 23.8 Å². The fourth-order valence-electron chi connectivity index (χ4n) is 0.778. The molecular weight excluding hydrogens is 200 g/mol. The highest BCUT2D eigenvalue weighted by Crippen LogP contribution is 2.02. The normalized spacial score (nSPS) is 18.3. The Balaban J connectivity index is 0.000000262. The lowest BCUT2D eigenvalue weighted by atomic mass is 10.4. The van der Waals surface area contributed by atoms with E-state index in [0.29, 0.717) is 13.2 Å². The zero-order valence-corrected chi connectivity index (χ0v) is 9.45. The monoisotopic (exact) mass is 218 g/mol. The van der Waals surface area contributed by atoms with Crippen molar-refractivity contribution >= 4 is 12.1 Å². The Bertz CT molecular complexity index is 202. The molecule has 1 atom stereocenters. The molecule has 88 valence electrons. The fourth-order valence-corrected chi connectivity index (χ4v) is 0.778. The summed E-state index contributed by atoms with van der Waals surface area (Å²) in [6.07, 6.45) is 1.45. The van der Waals surface area contributed by atoms with E-state index < -0.39 is 6.16 Å². The van der Waals surface area contributed by atoms with Crippen LogP contribution in [0.1, 0.15) is 33.6 Å². The average molecular weight is 218 g/mol. The molecule has 0 aromatic heterocycles. The molecule has 15 heavy (non-hydrogen) atoms. The van der Waals surface area contributed by atoms with Crippen LogP contribution in [0, 0.1) is 0 Å². The Morgan fingerprint density at radius 3 is 2.53 bits per heavy atom. The molecule has 0 radical (unpaired) electrons. The summed E-state index contributed by atoms with van der Waals surface area (Å²) in [7, 11) is 0. The van der Waals surface area contributed by atoms with Gasteiger partial charge in [0.2, 0.25) is 0 Å². The zero-order chi connectivity index (χ0) is 11.7. The van der Waals surface area contributed by atoms with Gasteiger partial charge in [-0.1, -0.05) is 13.3 Å². The van der Waals surface area contributed by atoms with E-state index in [2.05, 4.69) is 21.1 Å². The third-order valence-electron chi connectivity index (χ3n) is 1.54. The summed E-state index contributed by atoms with van der Waals surface area (Å²) in [6, 6.07) is 0. The SMILES string of the molecule is CC1COC(=O)O1.CCCCOC(C)=O. The van der Waals surface area contributed by atoms with Crippen molar-refractivity contribution in [3.63, 3.8) is 0 Å². The van der Waals surface area contributed by atoms with Crippen LogP contribution < -0.4 is 0 Å². The Hall–Kier alpha value is -1.26. The van der Waals surface area contributed by atoms with Crippen molar-refractivity contribution in [1.29, 1.82) is 0 Å². The van der Waals surface area contributed by atoms with E-state index in [1.807, 2.05) is 0 Å². The number of rotatable bonds is 3. The molecule has 1 saturated heterocycles. The maximum Gasteiger partial charge on any atom is 0.508 e. The average Bonchev–Trinajstić information content (AvgIpc) is 2.51. The van der Waals surface area contributed by atoms with Crippen LogP contribution in [0.5, 0.6) is 0 Å². The van der Waals surface area contributed by atoms with Crippen LogP contribution in [-0.4, -0.2) is 31.4 Å². The van der Waals surface area contributed by atoms with Gasteiger partial charge < -0.3 is 14.2 Å². The number of carbonyl (C=O) groups excluding carboxylic acids is 2. The zero-order valence-electron chi connectivity index (χ0n) is 9.45. The minimum atomic E-state index is -0.549. The van der Waals surface area contributed by atoms with Gasteiger partial charge in [-0.15, -0.1) is 0 Å². The molecule has 0 amide bonds. The molecule has 1 aliphatic heterocycles.